The second-order valence-electron chi connectivity index (χ2n) is 5.93. The third-order valence-corrected chi connectivity index (χ3v) is 3.90. The fourth-order valence-electron chi connectivity index (χ4n) is 2.72. The molecule has 2 atom stereocenters. The second kappa shape index (κ2) is 6.95. The lowest BCUT2D eigenvalue weighted by molar-refractivity contribution is 0.206. The summed E-state index contributed by atoms with van der Waals surface area (Å²) in [6.45, 7) is 7.78. The third kappa shape index (κ3) is 4.24. The molecule has 1 aromatic rings. The van der Waals surface area contributed by atoms with Crippen LogP contribution >= 0.6 is 0 Å². The van der Waals surface area contributed by atoms with Crippen LogP contribution in [0.15, 0.2) is 24.3 Å². The molecule has 1 aliphatic rings. The molecule has 1 saturated carbocycles. The van der Waals surface area contributed by atoms with Crippen LogP contribution in [-0.4, -0.2) is 18.7 Å². The van der Waals surface area contributed by atoms with Crippen LogP contribution in [0.25, 0.3) is 0 Å². The average Bonchev–Trinajstić information content (AvgIpc) is 2.84. The van der Waals surface area contributed by atoms with E-state index in [2.05, 4.69) is 50.4 Å². The number of hydrogen-bond acceptors (Lipinski definition) is 2. The van der Waals surface area contributed by atoms with Gasteiger partial charge in [-0.05, 0) is 55.8 Å². The van der Waals surface area contributed by atoms with E-state index in [0.717, 1.165) is 18.7 Å². The maximum Gasteiger partial charge on any atom is 0.120 e. The molecule has 1 aliphatic carbocycles. The smallest absolute Gasteiger partial charge is 0.120 e. The summed E-state index contributed by atoms with van der Waals surface area (Å²) >= 11 is 0. The van der Waals surface area contributed by atoms with Gasteiger partial charge in [-0.2, -0.15) is 0 Å². The molecule has 2 rings (SSSR count). The van der Waals surface area contributed by atoms with Gasteiger partial charge in [-0.3, -0.25) is 0 Å². The van der Waals surface area contributed by atoms with E-state index in [-0.39, 0.29) is 0 Å². The molecular formula is C17H27NO. The predicted octanol–water partition coefficient (Wildman–Crippen LogP) is 4.11. The molecule has 0 spiro atoms. The van der Waals surface area contributed by atoms with E-state index in [1.54, 1.807) is 0 Å². The Morgan fingerprint density at radius 3 is 2.89 bits per heavy atom. The first-order valence-electron chi connectivity index (χ1n) is 7.69. The Hall–Kier alpha value is -1.02. The number of rotatable bonds is 6. The quantitative estimate of drug-likeness (QED) is 0.832. The standard InChI is InChI=1S/C17H27NO/c1-4-10-18-15-8-9-17(12-15)19-16-7-5-6-14(11-16)13(2)3/h5-7,11,13,15,17-18H,4,8-10,12H2,1-3H3. The van der Waals surface area contributed by atoms with Crippen molar-refractivity contribution in [1.29, 1.82) is 0 Å². The van der Waals surface area contributed by atoms with Crippen LogP contribution in [0.2, 0.25) is 0 Å². The Bertz CT molecular complexity index is 389. The molecule has 0 saturated heterocycles. The summed E-state index contributed by atoms with van der Waals surface area (Å²) in [4.78, 5) is 0. The largest absolute Gasteiger partial charge is 0.490 e. The van der Waals surface area contributed by atoms with Gasteiger partial charge < -0.3 is 10.1 Å². The van der Waals surface area contributed by atoms with Crippen molar-refractivity contribution in [1.82, 2.24) is 5.32 Å². The van der Waals surface area contributed by atoms with Gasteiger partial charge >= 0.3 is 0 Å². The van der Waals surface area contributed by atoms with Crippen LogP contribution in [0.1, 0.15) is 57.9 Å². The van der Waals surface area contributed by atoms with Gasteiger partial charge in [0, 0.05) is 6.04 Å². The Morgan fingerprint density at radius 1 is 1.32 bits per heavy atom. The highest BCUT2D eigenvalue weighted by Gasteiger charge is 2.25. The fraction of sp³-hybridized carbons (Fsp3) is 0.647. The van der Waals surface area contributed by atoms with Gasteiger partial charge in [0.15, 0.2) is 0 Å². The normalized spacial score (nSPS) is 22.9. The Morgan fingerprint density at radius 2 is 2.16 bits per heavy atom. The first-order valence-corrected chi connectivity index (χ1v) is 7.69. The average molecular weight is 261 g/mol. The molecule has 1 aromatic carbocycles. The lowest BCUT2D eigenvalue weighted by atomic mass is 10.0. The van der Waals surface area contributed by atoms with Gasteiger partial charge in [0.1, 0.15) is 11.9 Å². The van der Waals surface area contributed by atoms with Crippen molar-refractivity contribution >= 4 is 0 Å². The third-order valence-electron chi connectivity index (χ3n) is 3.90. The first kappa shape index (κ1) is 14.4. The number of benzene rings is 1. The molecule has 1 N–H and O–H groups in total. The van der Waals surface area contributed by atoms with E-state index >= 15 is 0 Å². The van der Waals surface area contributed by atoms with Crippen LogP contribution in [0.3, 0.4) is 0 Å². The minimum Gasteiger partial charge on any atom is -0.490 e. The molecule has 2 unspecified atom stereocenters. The lowest BCUT2D eigenvalue weighted by Gasteiger charge is -2.16. The van der Waals surface area contributed by atoms with Crippen LogP contribution in [0.5, 0.6) is 5.75 Å². The van der Waals surface area contributed by atoms with Gasteiger partial charge in [-0.15, -0.1) is 0 Å². The minimum atomic E-state index is 0.386. The Kier molecular flexibility index (Phi) is 5.26. The molecule has 0 heterocycles. The summed E-state index contributed by atoms with van der Waals surface area (Å²) in [7, 11) is 0. The van der Waals surface area contributed by atoms with Gasteiger partial charge in [-0.1, -0.05) is 32.9 Å². The van der Waals surface area contributed by atoms with Gasteiger partial charge in [-0.25, -0.2) is 0 Å². The maximum absolute atomic E-state index is 6.14. The molecule has 19 heavy (non-hydrogen) atoms. The minimum absolute atomic E-state index is 0.386. The summed E-state index contributed by atoms with van der Waals surface area (Å²) in [6, 6.07) is 9.21. The van der Waals surface area contributed by atoms with E-state index in [1.807, 2.05) is 0 Å². The van der Waals surface area contributed by atoms with Crippen molar-refractivity contribution < 1.29 is 4.74 Å². The van der Waals surface area contributed by atoms with Gasteiger partial charge in [0.25, 0.3) is 0 Å². The molecule has 1 fully saturated rings. The van der Waals surface area contributed by atoms with Crippen molar-refractivity contribution in [2.45, 2.75) is 64.5 Å². The van der Waals surface area contributed by atoms with Crippen LogP contribution in [0, 0.1) is 0 Å². The van der Waals surface area contributed by atoms with Crippen LogP contribution < -0.4 is 10.1 Å². The van der Waals surface area contributed by atoms with Crippen molar-refractivity contribution in [2.75, 3.05) is 6.54 Å². The molecule has 0 aromatic heterocycles. The molecule has 0 radical (unpaired) electrons. The van der Waals surface area contributed by atoms with Crippen molar-refractivity contribution in [3.63, 3.8) is 0 Å². The Balaban J connectivity index is 1.86. The van der Waals surface area contributed by atoms with E-state index in [1.165, 1.54) is 24.8 Å². The SMILES string of the molecule is CCCNC1CCC(Oc2cccc(C(C)C)c2)C1. The van der Waals surface area contributed by atoms with Crippen molar-refractivity contribution in [3.8, 4) is 5.75 Å². The lowest BCUT2D eigenvalue weighted by Crippen LogP contribution is -2.28. The summed E-state index contributed by atoms with van der Waals surface area (Å²) < 4.78 is 6.14. The highest BCUT2D eigenvalue weighted by molar-refractivity contribution is 5.30. The van der Waals surface area contributed by atoms with Crippen molar-refractivity contribution in [2.24, 2.45) is 0 Å². The summed E-state index contributed by atoms with van der Waals surface area (Å²) in [6.07, 6.45) is 5.16. The number of nitrogens with one attached hydrogen (secondary N) is 1. The highest BCUT2D eigenvalue weighted by Crippen LogP contribution is 2.26. The van der Waals surface area contributed by atoms with Crippen LogP contribution in [0.4, 0.5) is 0 Å². The van der Waals surface area contributed by atoms with Gasteiger partial charge in [0.2, 0.25) is 0 Å². The van der Waals surface area contributed by atoms with Crippen molar-refractivity contribution in [3.05, 3.63) is 29.8 Å². The number of hydrogen-bond donors (Lipinski definition) is 1. The molecule has 0 amide bonds. The molecular weight excluding hydrogens is 234 g/mol. The van der Waals surface area contributed by atoms with Crippen LogP contribution in [-0.2, 0) is 0 Å². The number of ether oxygens (including phenoxy) is 1. The molecule has 106 valence electrons. The van der Waals surface area contributed by atoms with E-state index in [4.69, 9.17) is 4.74 Å². The maximum atomic E-state index is 6.14. The zero-order valence-electron chi connectivity index (χ0n) is 12.5. The molecule has 0 aliphatic heterocycles. The molecule has 2 heteroatoms. The topological polar surface area (TPSA) is 21.3 Å². The molecule has 2 nitrogen and oxygen atoms in total. The van der Waals surface area contributed by atoms with E-state index in [9.17, 15) is 0 Å². The molecule has 0 bridgehead atoms. The summed E-state index contributed by atoms with van der Waals surface area (Å²) in [5.74, 6) is 1.60. The Labute approximate surface area is 117 Å². The summed E-state index contributed by atoms with van der Waals surface area (Å²) in [5, 5.41) is 3.60. The zero-order chi connectivity index (χ0) is 13.7. The predicted molar refractivity (Wildman–Crippen MR) is 80.9 cm³/mol. The van der Waals surface area contributed by atoms with Gasteiger partial charge in [0.05, 0.1) is 0 Å². The fourth-order valence-corrected chi connectivity index (χ4v) is 2.72. The highest BCUT2D eigenvalue weighted by atomic mass is 16.5. The summed E-state index contributed by atoms with van der Waals surface area (Å²) in [5.41, 5.74) is 1.36. The van der Waals surface area contributed by atoms with E-state index < -0.39 is 0 Å². The van der Waals surface area contributed by atoms with E-state index in [0.29, 0.717) is 18.1 Å². The first-order chi connectivity index (χ1) is 9.19. The monoisotopic (exact) mass is 261 g/mol. The second-order valence-corrected chi connectivity index (χ2v) is 5.93. The zero-order valence-corrected chi connectivity index (χ0v) is 12.5.